The van der Waals surface area contributed by atoms with Crippen LogP contribution in [0.4, 0.5) is 5.82 Å². The third kappa shape index (κ3) is 4.12. The van der Waals surface area contributed by atoms with Crippen LogP contribution in [0.1, 0.15) is 29.7 Å². The van der Waals surface area contributed by atoms with Gasteiger partial charge in [0.25, 0.3) is 0 Å². The summed E-state index contributed by atoms with van der Waals surface area (Å²) < 4.78 is 5.24. The number of nitrogens with zero attached hydrogens (tertiary/aromatic N) is 4. The van der Waals surface area contributed by atoms with E-state index in [2.05, 4.69) is 53.2 Å². The van der Waals surface area contributed by atoms with Crippen molar-refractivity contribution in [2.75, 3.05) is 25.0 Å². The van der Waals surface area contributed by atoms with Gasteiger partial charge >= 0.3 is 0 Å². The lowest BCUT2D eigenvalue weighted by Crippen LogP contribution is -2.39. The van der Waals surface area contributed by atoms with Crippen molar-refractivity contribution in [2.24, 2.45) is 0 Å². The van der Waals surface area contributed by atoms with Crippen LogP contribution in [0.5, 0.6) is 0 Å². The Balaban J connectivity index is 1.67. The molecule has 1 fully saturated rings. The Labute approximate surface area is 159 Å². The summed E-state index contributed by atoms with van der Waals surface area (Å²) in [5.41, 5.74) is 3.40. The minimum Gasteiger partial charge on any atom is -0.391 e. The molecule has 0 amide bonds. The lowest BCUT2D eigenvalue weighted by molar-refractivity contribution is 0.153. The predicted molar refractivity (Wildman–Crippen MR) is 106 cm³/mol. The molecular formula is C21H26N4O2. The molecule has 0 aliphatic carbocycles. The summed E-state index contributed by atoms with van der Waals surface area (Å²) in [4.78, 5) is 9.40. The molecule has 0 radical (unpaired) electrons. The van der Waals surface area contributed by atoms with Crippen LogP contribution in [0, 0.1) is 6.92 Å². The fourth-order valence-corrected chi connectivity index (χ4v) is 3.80. The number of benzene rings is 1. The Hall–Kier alpha value is -2.44. The van der Waals surface area contributed by atoms with Gasteiger partial charge in [0.15, 0.2) is 5.76 Å². The van der Waals surface area contributed by atoms with Gasteiger partial charge in [-0.25, -0.2) is 4.98 Å². The zero-order valence-corrected chi connectivity index (χ0v) is 15.9. The van der Waals surface area contributed by atoms with Gasteiger partial charge < -0.3 is 14.5 Å². The fraction of sp³-hybridized carbons (Fsp3) is 0.429. The Morgan fingerprint density at radius 3 is 2.93 bits per heavy atom. The number of rotatable bonds is 5. The van der Waals surface area contributed by atoms with Crippen molar-refractivity contribution >= 4 is 16.7 Å². The molecule has 4 rings (SSSR count). The van der Waals surface area contributed by atoms with Crippen molar-refractivity contribution in [1.29, 1.82) is 0 Å². The largest absolute Gasteiger partial charge is 0.391 e. The van der Waals surface area contributed by atoms with Crippen LogP contribution < -0.4 is 4.90 Å². The van der Waals surface area contributed by atoms with Crippen molar-refractivity contribution in [3.8, 4) is 0 Å². The molecule has 0 spiro atoms. The van der Waals surface area contributed by atoms with Gasteiger partial charge in [0.05, 0.1) is 24.4 Å². The molecule has 3 aromatic rings. The number of β-amino-alcohol motifs (C(OH)–C–C–N with tert-alkyl or cyclic N) is 1. The van der Waals surface area contributed by atoms with Crippen molar-refractivity contribution in [1.82, 2.24) is 15.0 Å². The van der Waals surface area contributed by atoms with E-state index in [4.69, 9.17) is 9.51 Å². The molecule has 142 valence electrons. The molecule has 6 heteroatoms. The second kappa shape index (κ2) is 7.66. The van der Waals surface area contributed by atoms with Crippen molar-refractivity contribution < 1.29 is 9.63 Å². The standard InChI is InChI=1S/C21H26N4O2/c1-15-5-6-20-16(10-15)11-17(12-24(2)14-19-7-8-22-27-19)21(23-20)25-9-3-4-18(26)13-25/h5-8,10-11,18,26H,3-4,9,12-14H2,1-2H3. The van der Waals surface area contributed by atoms with E-state index in [9.17, 15) is 5.11 Å². The van der Waals surface area contributed by atoms with Gasteiger partial charge in [0, 0.05) is 36.7 Å². The van der Waals surface area contributed by atoms with Crippen LogP contribution in [0.15, 0.2) is 41.1 Å². The maximum absolute atomic E-state index is 10.1. The first-order valence-electron chi connectivity index (χ1n) is 9.50. The fourth-order valence-electron chi connectivity index (χ4n) is 3.80. The number of pyridine rings is 1. The van der Waals surface area contributed by atoms with E-state index in [-0.39, 0.29) is 6.10 Å². The summed E-state index contributed by atoms with van der Waals surface area (Å²) in [6, 6.07) is 10.5. The zero-order chi connectivity index (χ0) is 18.8. The number of anilines is 1. The SMILES string of the molecule is Cc1ccc2nc(N3CCCC(O)C3)c(CN(C)Cc3ccno3)cc2c1. The van der Waals surface area contributed by atoms with E-state index in [1.165, 1.54) is 11.1 Å². The molecule has 1 saturated heterocycles. The average molecular weight is 366 g/mol. The van der Waals surface area contributed by atoms with E-state index in [0.717, 1.165) is 48.4 Å². The van der Waals surface area contributed by atoms with Crippen LogP contribution in [-0.2, 0) is 13.1 Å². The Bertz CT molecular complexity index is 910. The zero-order valence-electron chi connectivity index (χ0n) is 15.9. The minimum absolute atomic E-state index is 0.283. The van der Waals surface area contributed by atoms with E-state index in [1.807, 2.05) is 6.07 Å². The lowest BCUT2D eigenvalue weighted by atomic mass is 10.1. The molecule has 1 aliphatic heterocycles. The molecule has 1 N–H and O–H groups in total. The highest BCUT2D eigenvalue weighted by atomic mass is 16.5. The van der Waals surface area contributed by atoms with Crippen molar-refractivity contribution in [3.63, 3.8) is 0 Å². The predicted octanol–water partition coefficient (Wildman–Crippen LogP) is 3.12. The number of fused-ring (bicyclic) bond motifs is 1. The van der Waals surface area contributed by atoms with E-state index in [1.54, 1.807) is 6.20 Å². The highest BCUT2D eigenvalue weighted by Gasteiger charge is 2.22. The molecule has 6 nitrogen and oxygen atoms in total. The third-order valence-electron chi connectivity index (χ3n) is 5.08. The maximum atomic E-state index is 10.1. The third-order valence-corrected chi connectivity index (χ3v) is 5.08. The maximum Gasteiger partial charge on any atom is 0.150 e. The van der Waals surface area contributed by atoms with Crippen molar-refractivity contribution in [2.45, 2.75) is 39.0 Å². The monoisotopic (exact) mass is 366 g/mol. The van der Waals surface area contributed by atoms with E-state index >= 15 is 0 Å². The summed E-state index contributed by atoms with van der Waals surface area (Å²) >= 11 is 0. The Morgan fingerprint density at radius 2 is 2.15 bits per heavy atom. The van der Waals surface area contributed by atoms with Gasteiger partial charge in [0.1, 0.15) is 5.82 Å². The summed E-state index contributed by atoms with van der Waals surface area (Å²) in [7, 11) is 2.07. The van der Waals surface area contributed by atoms with Crippen LogP contribution in [0.3, 0.4) is 0 Å². The number of aromatic nitrogens is 2. The quantitative estimate of drug-likeness (QED) is 0.748. The normalized spacial score (nSPS) is 17.8. The second-order valence-electron chi connectivity index (χ2n) is 7.56. The summed E-state index contributed by atoms with van der Waals surface area (Å²) in [6.45, 7) is 5.11. The Kier molecular flexibility index (Phi) is 5.09. The Morgan fingerprint density at radius 1 is 1.26 bits per heavy atom. The summed E-state index contributed by atoms with van der Waals surface area (Å²) in [6.07, 6.45) is 3.24. The van der Waals surface area contributed by atoms with Gasteiger partial charge in [0.2, 0.25) is 0 Å². The molecule has 1 aliphatic rings. The average Bonchev–Trinajstić information content (AvgIpc) is 3.14. The van der Waals surface area contributed by atoms with Crippen molar-refractivity contribution in [3.05, 3.63) is 53.4 Å². The highest BCUT2D eigenvalue weighted by Crippen LogP contribution is 2.28. The van der Waals surface area contributed by atoms with Gasteiger partial charge in [-0.2, -0.15) is 0 Å². The first-order valence-corrected chi connectivity index (χ1v) is 9.50. The number of aliphatic hydroxyl groups excluding tert-OH is 1. The topological polar surface area (TPSA) is 65.6 Å². The first kappa shape index (κ1) is 17.9. The van der Waals surface area contributed by atoms with E-state index < -0.39 is 0 Å². The minimum atomic E-state index is -0.283. The molecule has 1 unspecified atom stereocenters. The molecule has 1 aromatic carbocycles. The van der Waals surface area contributed by atoms with Gasteiger partial charge in [-0.3, -0.25) is 4.90 Å². The number of hydrogen-bond acceptors (Lipinski definition) is 6. The van der Waals surface area contributed by atoms with Crippen LogP contribution in [0.2, 0.25) is 0 Å². The number of aliphatic hydroxyl groups is 1. The molecule has 27 heavy (non-hydrogen) atoms. The van der Waals surface area contributed by atoms with Crippen LogP contribution in [-0.4, -0.2) is 46.4 Å². The summed E-state index contributed by atoms with van der Waals surface area (Å²) in [5.74, 6) is 1.83. The number of hydrogen-bond donors (Lipinski definition) is 1. The van der Waals surface area contributed by atoms with Gasteiger partial charge in [-0.05, 0) is 45.0 Å². The molecule has 2 aromatic heterocycles. The highest BCUT2D eigenvalue weighted by molar-refractivity contribution is 5.82. The lowest BCUT2D eigenvalue weighted by Gasteiger charge is -2.33. The molecule has 1 atom stereocenters. The molecular weight excluding hydrogens is 340 g/mol. The summed E-state index contributed by atoms with van der Waals surface area (Å²) in [5, 5.41) is 15.1. The molecule has 0 bridgehead atoms. The van der Waals surface area contributed by atoms with Crippen LogP contribution in [0.25, 0.3) is 10.9 Å². The van der Waals surface area contributed by atoms with Crippen LogP contribution >= 0.6 is 0 Å². The smallest absolute Gasteiger partial charge is 0.150 e. The first-order chi connectivity index (χ1) is 13.1. The number of piperidine rings is 1. The van der Waals surface area contributed by atoms with Gasteiger partial charge in [-0.1, -0.05) is 16.8 Å². The second-order valence-corrected chi connectivity index (χ2v) is 7.56. The molecule has 3 heterocycles. The molecule has 0 saturated carbocycles. The van der Waals surface area contributed by atoms with E-state index in [0.29, 0.717) is 13.1 Å². The number of aryl methyl sites for hydroxylation is 1. The van der Waals surface area contributed by atoms with Gasteiger partial charge in [-0.15, -0.1) is 0 Å².